The van der Waals surface area contributed by atoms with Gasteiger partial charge in [-0.05, 0) is 683 Å². The van der Waals surface area contributed by atoms with Gasteiger partial charge in [0.1, 0.15) is 0 Å². The molecule has 0 heterocycles. The van der Waals surface area contributed by atoms with Crippen molar-refractivity contribution in [2.75, 3.05) is 43.8 Å². The molecule has 0 bridgehead atoms. The van der Waals surface area contributed by atoms with Crippen LogP contribution in [0, 0.1) is 339 Å². The fraction of sp³-hybridized carbons (Fsp3) is 0.450. The maximum absolute atomic E-state index is 13.0. The molecule has 1 aliphatic rings. The van der Waals surface area contributed by atoms with Crippen molar-refractivity contribution < 1.29 is 33.7 Å². The number of sulfone groups is 1. The Bertz CT molecular complexity index is 8140. The van der Waals surface area contributed by atoms with Gasteiger partial charge >= 0.3 is 0 Å². The first-order chi connectivity index (χ1) is 66.9. The molecule has 6 atom stereocenters. The van der Waals surface area contributed by atoms with Gasteiger partial charge < -0.3 is 0 Å². The quantitative estimate of drug-likeness (QED) is 0.144. The molecule has 146 heavy (non-hydrogen) atoms. The van der Waals surface area contributed by atoms with E-state index < -0.39 is 74.6 Å². The predicted octanol–water partition coefficient (Wildman–Crippen LogP) is 34.0. The highest BCUT2D eigenvalue weighted by atomic mass is 32.2. The molecule has 1 aliphatic carbocycles. The lowest BCUT2D eigenvalue weighted by molar-refractivity contribution is 0.600. The monoisotopic (exact) mass is 2100 g/mol. The lowest BCUT2D eigenvalue weighted by atomic mass is 9.76. The second-order valence-electron chi connectivity index (χ2n) is 44.1. The third kappa shape index (κ3) is 20.1. The Labute approximate surface area is 896 Å². The van der Waals surface area contributed by atoms with E-state index in [0.717, 1.165) is 51.6 Å². The summed E-state index contributed by atoms with van der Waals surface area (Å²) in [6.07, 6.45) is 12.0. The summed E-state index contributed by atoms with van der Waals surface area (Å²) in [6, 6.07) is 0. The lowest BCUT2D eigenvalue weighted by Gasteiger charge is -2.28. The van der Waals surface area contributed by atoms with Crippen LogP contribution < -0.4 is 0 Å². The molecule has 0 saturated heterocycles. The van der Waals surface area contributed by atoms with Gasteiger partial charge in [-0.15, -0.1) is 0 Å². The van der Waals surface area contributed by atoms with E-state index in [4.69, 9.17) is 0 Å². The largest absolute Gasteiger partial charge is 0.255 e. The van der Waals surface area contributed by atoms with Crippen molar-refractivity contribution in [2.45, 2.75) is 393 Å². The molecule has 0 saturated carbocycles. The maximum atomic E-state index is 13.0. The number of hydrogen-bond donors (Lipinski definition) is 0. The molecule has 0 radical (unpaired) electrons. The number of hydrogen-bond acceptors (Lipinski definition) is 8. The SMILES string of the molecule is Cc1c(C)c(C)c(S(C)(=O)=O)c(C)c1C.Cc1c(C)c(C)c(S(C)=O)c(C)c1C.Cc1c(C)c(C)c2c(C)c(S(C)=O)c(C)c(C)c2c1C.Cc1c(C)c(C)c2c(C)c3c(C)c(S(C)=O)c(C)c(C)c3c(C)c2c1C.Cc1c(C)c(C)c2c(S(C)=O)c(C)c(C)c(C)c2c1C.Cc1c(C)c(C)c2c(S(C)=O)c3c(C)c(C)c(C)c(C)c3c(C)c2c1C.Cc1c(C)c(C)c2c(c1C)-c1c(C)c(C)c(S(C)=O)c(C)c1C2(C)C. The summed E-state index contributed by atoms with van der Waals surface area (Å²) in [6.45, 7) is 111. The summed E-state index contributed by atoms with van der Waals surface area (Å²) in [7, 11) is -8.93. The van der Waals surface area contributed by atoms with Crippen LogP contribution in [0.5, 0.6) is 0 Å². The molecule has 8 nitrogen and oxygen atoms in total. The van der Waals surface area contributed by atoms with E-state index in [1.807, 2.05) is 40.9 Å². The topological polar surface area (TPSA) is 137 Å². The second-order valence-corrected chi connectivity index (χ2v) is 53.9. The van der Waals surface area contributed by atoms with Crippen LogP contribution >= 0.6 is 0 Å². The predicted molar refractivity (Wildman–Crippen MR) is 647 cm³/mol. The molecule has 0 aromatic heterocycles. The fourth-order valence-electron chi connectivity index (χ4n) is 25.5. The van der Waals surface area contributed by atoms with Gasteiger partial charge in [-0.1, -0.05) is 13.8 Å². The first-order valence-corrected chi connectivity index (χ1v) is 62.6. The number of benzene rings is 14. The molecule has 6 unspecified atom stereocenters. The molecular formula is C131H174O8S7. The molecule has 0 fully saturated rings. The highest BCUT2D eigenvalue weighted by Gasteiger charge is 2.43. The average molecular weight is 2100 g/mol. The molecule has 0 amide bonds. The van der Waals surface area contributed by atoms with E-state index in [0.29, 0.717) is 4.90 Å². The van der Waals surface area contributed by atoms with E-state index in [2.05, 4.69) is 318 Å². The normalized spacial score (nSPS) is 13.4. The minimum absolute atomic E-state index is 0.0609. The molecule has 14 aromatic rings. The summed E-state index contributed by atoms with van der Waals surface area (Å²) >= 11 is 0. The van der Waals surface area contributed by atoms with Gasteiger partial charge in [0.15, 0.2) is 9.84 Å². The standard InChI is InChI=1S/2C24H30OS.C23H30OS.2C18H24OS.C12H18O2S.C12H18OS/c1-11-13(3)17(7)22-20(15(11)5)19(9)21-16(6)12(2)14(4)18(8)23(21)24(22)26(10)25;1-11-12(2)14(4)21-18(8)23-19(9)24(26(10)25)16(6)15(5)22(23)17(7)20(21)13(11)3;1-11-12(2)15(5)20-18(13(11)3)19-14(4)16(6)22(25(10)24)17(7)21(19)23(20,8)9;1-9-10(2)14(6)17-16(12(9)4)13(5)11(3)15(7)18(17)20(8)19;1-9-10(2)12(4)17-15(7)18(20(8)19)14(6)13(5)16(17)11(9)3;1-7-8(2)10(4)12(15(6,13)14)11(5)9(7)3;1-7-8(2)10(4)12(14(6)13)11(5)9(7)3/h2*1-10H3;1-10H3;2*1-8H3;1-6H3;1-6H3. The first kappa shape index (κ1) is 121. The zero-order valence-corrected chi connectivity index (χ0v) is 106. The Morgan fingerprint density at radius 1 is 0.144 bits per heavy atom. The minimum Gasteiger partial charge on any atom is -0.255 e. The first-order valence-electron chi connectivity index (χ1n) is 51.4. The van der Waals surface area contributed by atoms with Crippen LogP contribution in [0.1, 0.15) is 298 Å². The Morgan fingerprint density at radius 2 is 0.281 bits per heavy atom. The molecule has 0 spiro atoms. The van der Waals surface area contributed by atoms with Crippen LogP contribution in [0.25, 0.3) is 75.8 Å². The fourth-order valence-corrected chi connectivity index (χ4v) is 33.6. The summed E-state index contributed by atoms with van der Waals surface area (Å²) in [5, 5.41) is 15.6. The van der Waals surface area contributed by atoms with Crippen LogP contribution in [-0.2, 0) is 80.0 Å². The van der Waals surface area contributed by atoms with Crippen molar-refractivity contribution in [3.8, 4) is 11.1 Å². The molecule has 0 aliphatic heterocycles. The van der Waals surface area contributed by atoms with Gasteiger partial charge in [-0.2, -0.15) is 0 Å². The van der Waals surface area contributed by atoms with Crippen molar-refractivity contribution >= 4 is 139 Å². The summed E-state index contributed by atoms with van der Waals surface area (Å²) in [5.74, 6) is 0. The zero-order valence-electron chi connectivity index (χ0n) is 101. The van der Waals surface area contributed by atoms with E-state index in [1.54, 1.807) is 31.3 Å². The van der Waals surface area contributed by atoms with E-state index >= 15 is 0 Å². The molecule has 15 heteroatoms. The highest BCUT2D eigenvalue weighted by Crippen LogP contribution is 2.57. The Balaban J connectivity index is 0.000000192. The van der Waals surface area contributed by atoms with Crippen molar-refractivity contribution in [3.05, 3.63) is 284 Å². The van der Waals surface area contributed by atoms with Crippen molar-refractivity contribution in [3.63, 3.8) is 0 Å². The maximum Gasteiger partial charge on any atom is 0.176 e. The van der Waals surface area contributed by atoms with Gasteiger partial charge in [-0.25, -0.2) is 8.42 Å². The van der Waals surface area contributed by atoms with Crippen LogP contribution in [0.4, 0.5) is 0 Å². The van der Waals surface area contributed by atoms with E-state index in [1.165, 1.54) is 343 Å². The van der Waals surface area contributed by atoms with Gasteiger partial charge in [0.05, 0.1) is 74.6 Å². The summed E-state index contributed by atoms with van der Waals surface area (Å²) in [5.41, 5.74) is 68.2. The zero-order chi connectivity index (χ0) is 112. The Kier molecular flexibility index (Phi) is 36.8. The Hall–Kier alpha value is -8.51. The molecule has 788 valence electrons. The van der Waals surface area contributed by atoms with Crippen molar-refractivity contribution in [2.24, 2.45) is 0 Å². The van der Waals surface area contributed by atoms with Crippen LogP contribution in [0.2, 0.25) is 0 Å². The minimum atomic E-state index is -3.13. The summed E-state index contributed by atoms with van der Waals surface area (Å²) < 4.78 is 97.4. The third-order valence-electron chi connectivity index (χ3n) is 36.8. The average Bonchev–Trinajstić information content (AvgIpc) is 1.47. The highest BCUT2D eigenvalue weighted by molar-refractivity contribution is 7.91. The number of fused-ring (bicyclic) bond motifs is 9. The van der Waals surface area contributed by atoms with Gasteiger partial charge in [-0.3, -0.25) is 25.3 Å². The van der Waals surface area contributed by atoms with Gasteiger partial charge in [0, 0.05) is 89.8 Å². The number of rotatable bonds is 7. The number of aryl methyl sites for hydroxylation is 18. The van der Waals surface area contributed by atoms with Crippen molar-refractivity contribution in [1.29, 1.82) is 0 Å². The lowest BCUT2D eigenvalue weighted by Crippen LogP contribution is -2.20. The smallest absolute Gasteiger partial charge is 0.176 e. The van der Waals surface area contributed by atoms with E-state index in [9.17, 15) is 33.7 Å². The van der Waals surface area contributed by atoms with Crippen molar-refractivity contribution in [1.82, 2.24) is 0 Å². The van der Waals surface area contributed by atoms with Gasteiger partial charge in [0.25, 0.3) is 0 Å². The molecule has 15 rings (SSSR count). The Morgan fingerprint density at radius 3 is 0.548 bits per heavy atom. The summed E-state index contributed by atoms with van der Waals surface area (Å²) in [4.78, 5) is 6.62. The third-order valence-corrected chi connectivity index (χ3v) is 45.0. The second kappa shape index (κ2) is 44.4. The molecular weight excluding hydrogens is 1930 g/mol. The van der Waals surface area contributed by atoms with E-state index in [-0.39, 0.29) is 5.41 Å². The van der Waals surface area contributed by atoms with Gasteiger partial charge in [0.2, 0.25) is 0 Å². The molecule has 0 N–H and O–H groups in total. The molecule has 14 aromatic carbocycles. The van der Waals surface area contributed by atoms with Crippen LogP contribution in [-0.4, -0.2) is 77.5 Å². The van der Waals surface area contributed by atoms with Crippen LogP contribution in [0.3, 0.4) is 0 Å². The van der Waals surface area contributed by atoms with Crippen LogP contribution in [0.15, 0.2) is 34.3 Å².